The molecule has 0 saturated carbocycles. The SMILES string of the molecule is CC1(C)SCNC1C(=O)OC(=O)C1NCCS1. The number of nitrogens with one attached hydrogen (secondary N) is 2. The summed E-state index contributed by atoms with van der Waals surface area (Å²) in [4.78, 5) is 23.5. The van der Waals surface area contributed by atoms with E-state index in [2.05, 4.69) is 10.6 Å². The molecule has 0 radical (unpaired) electrons. The van der Waals surface area contributed by atoms with Crippen LogP contribution < -0.4 is 10.6 Å². The minimum absolute atomic E-state index is 0.229. The Bertz CT molecular complexity index is 330. The second kappa shape index (κ2) is 5.17. The summed E-state index contributed by atoms with van der Waals surface area (Å²) in [7, 11) is 0. The Morgan fingerprint density at radius 1 is 1.29 bits per heavy atom. The van der Waals surface area contributed by atoms with Crippen LogP contribution in [0.3, 0.4) is 0 Å². The second-order valence-corrected chi connectivity index (χ2v) is 7.32. The number of ether oxygens (including phenoxy) is 1. The number of hydrogen-bond donors (Lipinski definition) is 2. The lowest BCUT2D eigenvalue weighted by Gasteiger charge is -2.23. The summed E-state index contributed by atoms with van der Waals surface area (Å²) in [5.41, 5.74) is 0. The molecule has 0 aliphatic carbocycles. The lowest BCUT2D eigenvalue weighted by Crippen LogP contribution is -2.46. The molecule has 2 saturated heterocycles. The maximum atomic E-state index is 11.9. The lowest BCUT2D eigenvalue weighted by molar-refractivity contribution is -0.161. The van der Waals surface area contributed by atoms with Crippen molar-refractivity contribution in [1.29, 1.82) is 0 Å². The van der Waals surface area contributed by atoms with E-state index in [-0.39, 0.29) is 4.75 Å². The first-order chi connectivity index (χ1) is 8.00. The zero-order valence-electron chi connectivity index (χ0n) is 9.82. The molecule has 0 aromatic heterocycles. The molecule has 2 fully saturated rings. The van der Waals surface area contributed by atoms with E-state index in [1.54, 1.807) is 11.8 Å². The Kier molecular flexibility index (Phi) is 4.02. The van der Waals surface area contributed by atoms with E-state index in [1.807, 2.05) is 13.8 Å². The van der Waals surface area contributed by atoms with Gasteiger partial charge in [-0.05, 0) is 13.8 Å². The van der Waals surface area contributed by atoms with Crippen molar-refractivity contribution in [3.8, 4) is 0 Å². The van der Waals surface area contributed by atoms with Gasteiger partial charge < -0.3 is 4.74 Å². The quantitative estimate of drug-likeness (QED) is 0.550. The van der Waals surface area contributed by atoms with Crippen molar-refractivity contribution in [2.45, 2.75) is 30.0 Å². The third-order valence-electron chi connectivity index (χ3n) is 2.79. The van der Waals surface area contributed by atoms with E-state index < -0.39 is 23.4 Å². The predicted octanol–water partition coefficient (Wildman–Crippen LogP) is 0.160. The summed E-state index contributed by atoms with van der Waals surface area (Å²) >= 11 is 3.12. The van der Waals surface area contributed by atoms with E-state index in [0.717, 1.165) is 12.3 Å². The van der Waals surface area contributed by atoms with Crippen molar-refractivity contribution in [2.24, 2.45) is 0 Å². The van der Waals surface area contributed by atoms with Crippen molar-refractivity contribution in [3.63, 3.8) is 0 Å². The van der Waals surface area contributed by atoms with Gasteiger partial charge in [0.2, 0.25) is 0 Å². The number of esters is 2. The van der Waals surface area contributed by atoms with Crippen LogP contribution in [0, 0.1) is 0 Å². The zero-order chi connectivity index (χ0) is 12.5. The molecule has 5 nitrogen and oxygen atoms in total. The topological polar surface area (TPSA) is 67.4 Å². The summed E-state index contributed by atoms with van der Waals surface area (Å²) in [6.45, 7) is 4.72. The lowest BCUT2D eigenvalue weighted by atomic mass is 10.0. The number of carbonyl (C=O) groups is 2. The molecular formula is C10H16N2O3S2. The molecule has 2 aliphatic rings. The molecule has 96 valence electrons. The van der Waals surface area contributed by atoms with Crippen LogP contribution >= 0.6 is 23.5 Å². The molecule has 2 rings (SSSR count). The van der Waals surface area contributed by atoms with Gasteiger partial charge in [-0.2, -0.15) is 0 Å². The van der Waals surface area contributed by atoms with Crippen LogP contribution in [0.15, 0.2) is 0 Å². The maximum Gasteiger partial charge on any atom is 0.341 e. The highest BCUT2D eigenvalue weighted by molar-refractivity contribution is 8.01. The molecule has 0 spiro atoms. The molecule has 17 heavy (non-hydrogen) atoms. The first kappa shape index (κ1) is 13.2. The summed E-state index contributed by atoms with van der Waals surface area (Å²) in [5, 5.41) is 5.64. The Morgan fingerprint density at radius 3 is 2.59 bits per heavy atom. The fourth-order valence-corrected chi connectivity index (χ4v) is 3.66. The Balaban J connectivity index is 1.90. The molecule has 0 aromatic carbocycles. The second-order valence-electron chi connectivity index (χ2n) is 4.47. The van der Waals surface area contributed by atoms with Crippen LogP contribution in [0.5, 0.6) is 0 Å². The molecule has 0 amide bonds. The molecule has 2 unspecified atom stereocenters. The van der Waals surface area contributed by atoms with Crippen LogP contribution in [0.4, 0.5) is 0 Å². The van der Waals surface area contributed by atoms with Crippen molar-refractivity contribution in [2.75, 3.05) is 18.2 Å². The van der Waals surface area contributed by atoms with Crippen molar-refractivity contribution >= 4 is 35.5 Å². The fourth-order valence-electron chi connectivity index (χ4n) is 1.80. The molecule has 0 aromatic rings. The highest BCUT2D eigenvalue weighted by atomic mass is 32.2. The van der Waals surface area contributed by atoms with E-state index in [4.69, 9.17) is 4.74 Å². The largest absolute Gasteiger partial charge is 0.390 e. The highest BCUT2D eigenvalue weighted by Gasteiger charge is 2.42. The Morgan fingerprint density at radius 2 is 2.06 bits per heavy atom. The highest BCUT2D eigenvalue weighted by Crippen LogP contribution is 2.33. The van der Waals surface area contributed by atoms with Crippen molar-refractivity contribution in [3.05, 3.63) is 0 Å². The first-order valence-electron chi connectivity index (χ1n) is 5.48. The standard InChI is InChI=1S/C10H16N2O3S2/c1-10(2)6(12-5-17-10)8(13)15-9(14)7-11-3-4-16-7/h6-7,11-12H,3-5H2,1-2H3. The molecule has 2 aliphatic heterocycles. The fraction of sp³-hybridized carbons (Fsp3) is 0.800. The van der Waals surface area contributed by atoms with E-state index in [0.29, 0.717) is 5.88 Å². The zero-order valence-corrected chi connectivity index (χ0v) is 11.5. The first-order valence-corrected chi connectivity index (χ1v) is 7.52. The normalized spacial score (nSPS) is 31.4. The molecular weight excluding hydrogens is 260 g/mol. The van der Waals surface area contributed by atoms with Gasteiger partial charge in [0.05, 0.1) is 0 Å². The van der Waals surface area contributed by atoms with Gasteiger partial charge in [0.1, 0.15) is 6.04 Å². The minimum atomic E-state index is -0.480. The summed E-state index contributed by atoms with van der Waals surface area (Å²) in [5.74, 6) is 0.625. The van der Waals surface area contributed by atoms with E-state index in [1.165, 1.54) is 11.8 Å². The average molecular weight is 276 g/mol. The molecule has 2 heterocycles. The van der Waals surface area contributed by atoms with Crippen LogP contribution in [0.1, 0.15) is 13.8 Å². The number of thioether (sulfide) groups is 2. The molecule has 7 heteroatoms. The monoisotopic (exact) mass is 276 g/mol. The number of carbonyl (C=O) groups excluding carboxylic acids is 2. The molecule has 2 atom stereocenters. The van der Waals surface area contributed by atoms with Gasteiger partial charge in [-0.25, -0.2) is 9.59 Å². The van der Waals surface area contributed by atoms with Crippen LogP contribution in [0.25, 0.3) is 0 Å². The number of rotatable bonds is 2. The van der Waals surface area contributed by atoms with Gasteiger partial charge in [-0.1, -0.05) is 0 Å². The smallest absolute Gasteiger partial charge is 0.341 e. The third-order valence-corrected chi connectivity index (χ3v) is 5.22. The average Bonchev–Trinajstić information content (AvgIpc) is 2.85. The molecule has 0 bridgehead atoms. The van der Waals surface area contributed by atoms with Crippen LogP contribution in [-0.2, 0) is 14.3 Å². The Hall–Kier alpha value is -0.240. The van der Waals surface area contributed by atoms with Crippen LogP contribution in [0.2, 0.25) is 0 Å². The van der Waals surface area contributed by atoms with Gasteiger partial charge in [-0.3, -0.25) is 10.6 Å². The van der Waals surface area contributed by atoms with Gasteiger partial charge in [0.25, 0.3) is 0 Å². The molecule has 2 N–H and O–H groups in total. The van der Waals surface area contributed by atoms with E-state index >= 15 is 0 Å². The van der Waals surface area contributed by atoms with Crippen molar-refractivity contribution in [1.82, 2.24) is 10.6 Å². The summed E-state index contributed by atoms with van der Waals surface area (Å²) < 4.78 is 4.69. The van der Waals surface area contributed by atoms with Gasteiger partial charge in [0.15, 0.2) is 5.37 Å². The third kappa shape index (κ3) is 2.96. The predicted molar refractivity (Wildman–Crippen MR) is 68.8 cm³/mol. The maximum absolute atomic E-state index is 11.9. The Labute approximate surface area is 109 Å². The minimum Gasteiger partial charge on any atom is -0.390 e. The van der Waals surface area contributed by atoms with E-state index in [9.17, 15) is 9.59 Å². The van der Waals surface area contributed by atoms with Crippen LogP contribution in [-0.4, -0.2) is 46.3 Å². The summed E-state index contributed by atoms with van der Waals surface area (Å²) in [6.07, 6.45) is 0. The number of hydrogen-bond acceptors (Lipinski definition) is 7. The van der Waals surface area contributed by atoms with Gasteiger partial charge in [-0.15, -0.1) is 23.5 Å². The van der Waals surface area contributed by atoms with Gasteiger partial charge in [0, 0.05) is 22.9 Å². The summed E-state index contributed by atoms with van der Waals surface area (Å²) in [6, 6.07) is -0.414. The van der Waals surface area contributed by atoms with Crippen molar-refractivity contribution < 1.29 is 14.3 Å². The van der Waals surface area contributed by atoms with Gasteiger partial charge >= 0.3 is 11.9 Å².